The number of aryl methyl sites for hydroxylation is 3. The van der Waals surface area contributed by atoms with E-state index in [4.69, 9.17) is 4.74 Å². The van der Waals surface area contributed by atoms with E-state index in [0.717, 1.165) is 42.4 Å². The third kappa shape index (κ3) is 3.39. The Labute approximate surface area is 120 Å². The molecule has 1 aromatic heterocycles. The Kier molecular flexibility index (Phi) is 4.79. The van der Waals surface area contributed by atoms with Crippen LogP contribution in [0.3, 0.4) is 0 Å². The summed E-state index contributed by atoms with van der Waals surface area (Å²) in [6.07, 6.45) is 1.12. The van der Waals surface area contributed by atoms with Gasteiger partial charge in [-0.05, 0) is 38.9 Å². The molecule has 0 fully saturated rings. The molecule has 0 atom stereocenters. The molecule has 0 aliphatic rings. The van der Waals surface area contributed by atoms with Gasteiger partial charge in [0.1, 0.15) is 5.75 Å². The largest absolute Gasteiger partial charge is 0.439 e. The van der Waals surface area contributed by atoms with Crippen LogP contribution in [0.25, 0.3) is 0 Å². The van der Waals surface area contributed by atoms with Gasteiger partial charge in [0, 0.05) is 13.6 Å². The number of benzene rings is 1. The molecule has 0 bridgehead atoms. The summed E-state index contributed by atoms with van der Waals surface area (Å²) >= 11 is 0. The number of hydrogen-bond acceptors (Lipinski definition) is 3. The summed E-state index contributed by atoms with van der Waals surface area (Å²) in [5, 5.41) is 7.86. The zero-order chi connectivity index (χ0) is 14.5. The van der Waals surface area contributed by atoms with Crippen LogP contribution in [0, 0.1) is 13.8 Å². The zero-order valence-corrected chi connectivity index (χ0v) is 12.7. The molecule has 4 heteroatoms. The smallest absolute Gasteiger partial charge is 0.222 e. The van der Waals surface area contributed by atoms with Gasteiger partial charge in [0.05, 0.1) is 11.3 Å². The summed E-state index contributed by atoms with van der Waals surface area (Å²) in [5.74, 6) is 1.66. The Morgan fingerprint density at radius 3 is 2.55 bits per heavy atom. The second-order valence-corrected chi connectivity index (χ2v) is 5.08. The lowest BCUT2D eigenvalue weighted by Crippen LogP contribution is -2.14. The van der Waals surface area contributed by atoms with Crippen molar-refractivity contribution in [3.05, 3.63) is 41.1 Å². The molecule has 1 heterocycles. The maximum Gasteiger partial charge on any atom is 0.222 e. The molecule has 2 aromatic rings. The SMILES string of the molecule is CCCNCc1c(C)nn(C)c1Oc1ccc(C)cc1. The highest BCUT2D eigenvalue weighted by atomic mass is 16.5. The fraction of sp³-hybridized carbons (Fsp3) is 0.438. The van der Waals surface area contributed by atoms with E-state index in [9.17, 15) is 0 Å². The monoisotopic (exact) mass is 273 g/mol. The van der Waals surface area contributed by atoms with Gasteiger partial charge in [-0.25, -0.2) is 4.68 Å². The first-order valence-corrected chi connectivity index (χ1v) is 7.09. The van der Waals surface area contributed by atoms with E-state index in [1.807, 2.05) is 38.2 Å². The maximum atomic E-state index is 6.01. The van der Waals surface area contributed by atoms with E-state index < -0.39 is 0 Å². The van der Waals surface area contributed by atoms with Gasteiger partial charge >= 0.3 is 0 Å². The van der Waals surface area contributed by atoms with E-state index in [-0.39, 0.29) is 0 Å². The van der Waals surface area contributed by atoms with Crippen molar-refractivity contribution in [3.8, 4) is 11.6 Å². The minimum absolute atomic E-state index is 0.786. The Morgan fingerprint density at radius 1 is 1.20 bits per heavy atom. The average molecular weight is 273 g/mol. The molecular weight excluding hydrogens is 250 g/mol. The first-order valence-electron chi connectivity index (χ1n) is 7.09. The number of aromatic nitrogens is 2. The number of nitrogens with one attached hydrogen (secondary N) is 1. The molecule has 2 rings (SSSR count). The van der Waals surface area contributed by atoms with Crippen molar-refractivity contribution in [2.45, 2.75) is 33.7 Å². The lowest BCUT2D eigenvalue weighted by molar-refractivity contribution is 0.423. The molecule has 0 saturated heterocycles. The minimum Gasteiger partial charge on any atom is -0.439 e. The van der Waals surface area contributed by atoms with Crippen molar-refractivity contribution in [3.63, 3.8) is 0 Å². The lowest BCUT2D eigenvalue weighted by atomic mass is 10.2. The molecule has 0 radical (unpaired) electrons. The highest BCUT2D eigenvalue weighted by molar-refractivity contribution is 5.36. The molecule has 0 amide bonds. The van der Waals surface area contributed by atoms with Crippen molar-refractivity contribution < 1.29 is 4.74 Å². The van der Waals surface area contributed by atoms with Crippen molar-refractivity contribution in [1.29, 1.82) is 0 Å². The fourth-order valence-electron chi connectivity index (χ4n) is 2.12. The first kappa shape index (κ1) is 14.6. The van der Waals surface area contributed by atoms with Crippen LogP contribution < -0.4 is 10.1 Å². The topological polar surface area (TPSA) is 39.1 Å². The molecule has 20 heavy (non-hydrogen) atoms. The second-order valence-electron chi connectivity index (χ2n) is 5.08. The average Bonchev–Trinajstić information content (AvgIpc) is 2.68. The molecule has 0 aliphatic heterocycles. The molecule has 0 saturated carbocycles. The van der Waals surface area contributed by atoms with Gasteiger partial charge < -0.3 is 10.1 Å². The van der Waals surface area contributed by atoms with Gasteiger partial charge in [-0.1, -0.05) is 24.6 Å². The van der Waals surface area contributed by atoms with Crippen LogP contribution in [0.2, 0.25) is 0 Å². The van der Waals surface area contributed by atoms with Crippen LogP contribution >= 0.6 is 0 Å². The summed E-state index contributed by atoms with van der Waals surface area (Å²) in [6.45, 7) is 8.03. The summed E-state index contributed by atoms with van der Waals surface area (Å²) in [6, 6.07) is 8.07. The third-order valence-electron chi connectivity index (χ3n) is 3.25. The van der Waals surface area contributed by atoms with Gasteiger partial charge in [-0.15, -0.1) is 0 Å². The zero-order valence-electron chi connectivity index (χ0n) is 12.7. The predicted octanol–water partition coefficient (Wildman–Crippen LogP) is 3.33. The summed E-state index contributed by atoms with van der Waals surface area (Å²) in [7, 11) is 1.92. The molecule has 108 valence electrons. The Hall–Kier alpha value is -1.81. The van der Waals surface area contributed by atoms with Crippen LogP contribution in [0.5, 0.6) is 11.6 Å². The molecule has 4 nitrogen and oxygen atoms in total. The van der Waals surface area contributed by atoms with Crippen LogP contribution in [-0.4, -0.2) is 16.3 Å². The van der Waals surface area contributed by atoms with E-state index in [0.29, 0.717) is 0 Å². The van der Waals surface area contributed by atoms with Crippen LogP contribution in [0.4, 0.5) is 0 Å². The summed E-state index contributed by atoms with van der Waals surface area (Å²) in [5.41, 5.74) is 3.36. The van der Waals surface area contributed by atoms with Gasteiger partial charge in [-0.3, -0.25) is 0 Å². The first-order chi connectivity index (χ1) is 9.61. The van der Waals surface area contributed by atoms with E-state index in [1.54, 1.807) is 4.68 Å². The van der Waals surface area contributed by atoms with Crippen molar-refractivity contribution >= 4 is 0 Å². The maximum absolute atomic E-state index is 6.01. The molecule has 0 unspecified atom stereocenters. The van der Waals surface area contributed by atoms with Crippen LogP contribution in [-0.2, 0) is 13.6 Å². The van der Waals surface area contributed by atoms with Crippen molar-refractivity contribution in [2.75, 3.05) is 6.54 Å². The lowest BCUT2D eigenvalue weighted by Gasteiger charge is -2.09. The Morgan fingerprint density at radius 2 is 1.90 bits per heavy atom. The van der Waals surface area contributed by atoms with Gasteiger partial charge in [0.15, 0.2) is 0 Å². The Bertz CT molecular complexity index is 558. The van der Waals surface area contributed by atoms with E-state index >= 15 is 0 Å². The predicted molar refractivity (Wildman–Crippen MR) is 81.2 cm³/mol. The fourth-order valence-corrected chi connectivity index (χ4v) is 2.12. The highest BCUT2D eigenvalue weighted by Crippen LogP contribution is 2.27. The molecule has 1 N–H and O–H groups in total. The molecule has 0 spiro atoms. The second kappa shape index (κ2) is 6.57. The van der Waals surface area contributed by atoms with Gasteiger partial charge in [0.25, 0.3) is 0 Å². The Balaban J connectivity index is 2.19. The normalized spacial score (nSPS) is 10.8. The van der Waals surface area contributed by atoms with E-state index in [1.165, 1.54) is 5.56 Å². The molecule has 1 aromatic carbocycles. The van der Waals surface area contributed by atoms with Crippen LogP contribution in [0.15, 0.2) is 24.3 Å². The van der Waals surface area contributed by atoms with Gasteiger partial charge in [0.2, 0.25) is 5.88 Å². The third-order valence-corrected chi connectivity index (χ3v) is 3.25. The number of hydrogen-bond donors (Lipinski definition) is 1. The molecule has 0 aliphatic carbocycles. The summed E-state index contributed by atoms with van der Waals surface area (Å²) < 4.78 is 7.81. The minimum atomic E-state index is 0.786. The number of ether oxygens (including phenoxy) is 1. The number of nitrogens with zero attached hydrogens (tertiary/aromatic N) is 2. The molecular formula is C16H23N3O. The quantitative estimate of drug-likeness (QED) is 0.821. The van der Waals surface area contributed by atoms with Crippen LogP contribution in [0.1, 0.15) is 30.2 Å². The van der Waals surface area contributed by atoms with Crippen molar-refractivity contribution in [2.24, 2.45) is 7.05 Å². The van der Waals surface area contributed by atoms with Crippen molar-refractivity contribution in [1.82, 2.24) is 15.1 Å². The van der Waals surface area contributed by atoms with Gasteiger partial charge in [-0.2, -0.15) is 5.10 Å². The summed E-state index contributed by atoms with van der Waals surface area (Å²) in [4.78, 5) is 0. The standard InChI is InChI=1S/C16H23N3O/c1-5-10-17-11-15-13(3)18-19(4)16(15)20-14-8-6-12(2)7-9-14/h6-9,17H,5,10-11H2,1-4H3. The van der Waals surface area contributed by atoms with E-state index in [2.05, 4.69) is 24.3 Å². The number of rotatable bonds is 6. The highest BCUT2D eigenvalue weighted by Gasteiger charge is 2.15.